The van der Waals surface area contributed by atoms with Gasteiger partial charge in [0.2, 0.25) is 0 Å². The summed E-state index contributed by atoms with van der Waals surface area (Å²) in [6, 6.07) is 86.6. The lowest BCUT2D eigenvalue weighted by atomic mass is 9.70. The molecule has 0 spiro atoms. The van der Waals surface area contributed by atoms with Gasteiger partial charge in [-0.15, -0.1) is 0 Å². The highest BCUT2D eigenvalue weighted by atomic mass is 15.1. The lowest BCUT2D eigenvalue weighted by Crippen LogP contribution is -2.25. The van der Waals surface area contributed by atoms with Crippen LogP contribution >= 0.6 is 0 Å². The van der Waals surface area contributed by atoms with Gasteiger partial charge in [0.25, 0.3) is 0 Å². The number of rotatable bonds is 22. The van der Waals surface area contributed by atoms with Crippen LogP contribution in [0.2, 0.25) is 0 Å². The summed E-state index contributed by atoms with van der Waals surface area (Å²) in [6.45, 7) is 9.11. The molecule has 0 unspecified atom stereocenters. The molecule has 1 heterocycles. The third kappa shape index (κ3) is 11.1. The van der Waals surface area contributed by atoms with Gasteiger partial charge >= 0.3 is 0 Å². The van der Waals surface area contributed by atoms with Gasteiger partial charge < -0.3 is 9.47 Å². The molecule has 0 saturated heterocycles. The molecule has 2 heteroatoms. The van der Waals surface area contributed by atoms with Crippen LogP contribution in [0.4, 0.5) is 17.1 Å². The van der Waals surface area contributed by atoms with E-state index in [2.05, 4.69) is 268 Å². The molecule has 0 bridgehead atoms. The Morgan fingerprint density at radius 1 is 0.321 bits per heavy atom. The number of aromatic nitrogens is 1. The van der Waals surface area contributed by atoms with E-state index in [4.69, 9.17) is 0 Å². The molecule has 0 fully saturated rings. The lowest BCUT2D eigenvalue weighted by Gasteiger charge is -2.33. The van der Waals surface area contributed by atoms with E-state index in [1.54, 1.807) is 11.1 Å². The third-order valence-electron chi connectivity index (χ3n) is 17.7. The van der Waals surface area contributed by atoms with Crippen molar-refractivity contribution in [3.05, 3.63) is 253 Å². The topological polar surface area (TPSA) is 8.17 Å². The van der Waals surface area contributed by atoms with Gasteiger partial charge in [-0.3, -0.25) is 0 Å². The number of para-hydroxylation sites is 1. The minimum atomic E-state index is 0.0468. The molecular formula is C79H78N2. The highest BCUT2D eigenvalue weighted by molar-refractivity contribution is 6.10. The molecule has 0 radical (unpaired) electrons. The second-order valence-electron chi connectivity index (χ2n) is 23.3. The largest absolute Gasteiger partial charge is 0.311 e. The fourth-order valence-electron chi connectivity index (χ4n) is 13.4. The zero-order valence-electron chi connectivity index (χ0n) is 48.2. The van der Waals surface area contributed by atoms with Gasteiger partial charge in [0, 0.05) is 38.9 Å². The summed E-state index contributed by atoms with van der Waals surface area (Å²) in [5.74, 6) is 0. The van der Waals surface area contributed by atoms with E-state index in [0.717, 1.165) is 22.7 Å². The Morgan fingerprint density at radius 2 is 0.765 bits per heavy atom. The van der Waals surface area contributed by atoms with Crippen LogP contribution in [0.1, 0.15) is 126 Å². The molecule has 10 aromatic carbocycles. The van der Waals surface area contributed by atoms with Gasteiger partial charge in [0.05, 0.1) is 11.0 Å². The van der Waals surface area contributed by atoms with E-state index in [1.807, 2.05) is 0 Å². The molecule has 0 atom stereocenters. The minimum Gasteiger partial charge on any atom is -0.311 e. The maximum Gasteiger partial charge on any atom is 0.0541 e. The summed E-state index contributed by atoms with van der Waals surface area (Å²) in [7, 11) is 0. The molecule has 1 aromatic heterocycles. The smallest absolute Gasteiger partial charge is 0.0541 e. The number of fused-ring (bicyclic) bond motifs is 6. The van der Waals surface area contributed by atoms with Crippen molar-refractivity contribution in [1.29, 1.82) is 0 Å². The van der Waals surface area contributed by atoms with E-state index < -0.39 is 0 Å². The number of aryl methyl sites for hydroxylation is 2. The average Bonchev–Trinajstić information content (AvgIpc) is 4.23. The molecule has 0 N–H and O–H groups in total. The highest BCUT2D eigenvalue weighted by Crippen LogP contribution is 2.55. The normalized spacial score (nSPS) is 12.5. The second kappa shape index (κ2) is 24.3. The van der Waals surface area contributed by atoms with Crippen molar-refractivity contribution in [3.8, 4) is 61.3 Å². The molecule has 0 aliphatic heterocycles. The zero-order chi connectivity index (χ0) is 55.1. The molecule has 1 aliphatic rings. The molecule has 81 heavy (non-hydrogen) atoms. The van der Waals surface area contributed by atoms with E-state index in [0.29, 0.717) is 0 Å². The first-order valence-corrected chi connectivity index (χ1v) is 30.5. The number of hydrogen-bond acceptors (Lipinski definition) is 1. The minimum absolute atomic E-state index is 0.0468. The van der Waals surface area contributed by atoms with Crippen molar-refractivity contribution in [3.63, 3.8) is 0 Å². The van der Waals surface area contributed by atoms with Crippen LogP contribution in [-0.2, 0) is 5.41 Å². The Bertz CT molecular complexity index is 3900. The first-order valence-electron chi connectivity index (χ1n) is 30.5. The SMILES string of the molecule is CCCCCCCCC1(CCCCCCCC)c2cc(C)ccc2-c2ccc(-c3ccc(N(c4ccc(C)cc4)c4ccc(-c5ccc6c(c5)c5ccccc5n6-c5cccc(-c6cccc(-c7ccccc7)c6)c5)cc4)cc3)cc21. The number of anilines is 3. The number of hydrogen-bond donors (Lipinski definition) is 0. The third-order valence-corrected chi connectivity index (χ3v) is 17.7. The van der Waals surface area contributed by atoms with Crippen LogP contribution < -0.4 is 4.90 Å². The Balaban J connectivity index is 0.844. The summed E-state index contributed by atoms with van der Waals surface area (Å²) in [6.07, 6.45) is 18.3. The molecule has 2 nitrogen and oxygen atoms in total. The van der Waals surface area contributed by atoms with Gasteiger partial charge in [-0.2, -0.15) is 0 Å². The molecule has 404 valence electrons. The molecule has 11 aromatic rings. The quantitative estimate of drug-likeness (QED) is 0.0614. The summed E-state index contributed by atoms with van der Waals surface area (Å²) >= 11 is 0. The van der Waals surface area contributed by atoms with Crippen LogP contribution in [-0.4, -0.2) is 4.57 Å². The van der Waals surface area contributed by atoms with E-state index in [-0.39, 0.29) is 5.41 Å². The fourth-order valence-corrected chi connectivity index (χ4v) is 13.4. The number of nitrogens with zero attached hydrogens (tertiary/aromatic N) is 2. The average molecular weight is 1060 g/mol. The van der Waals surface area contributed by atoms with Crippen molar-refractivity contribution in [1.82, 2.24) is 4.57 Å². The van der Waals surface area contributed by atoms with Gasteiger partial charge in [-0.25, -0.2) is 0 Å². The highest BCUT2D eigenvalue weighted by Gasteiger charge is 2.42. The van der Waals surface area contributed by atoms with E-state index in [1.165, 1.54) is 178 Å². The van der Waals surface area contributed by atoms with E-state index in [9.17, 15) is 0 Å². The Labute approximate surface area is 482 Å². The lowest BCUT2D eigenvalue weighted by molar-refractivity contribution is 0.398. The first-order chi connectivity index (χ1) is 39.9. The summed E-state index contributed by atoms with van der Waals surface area (Å²) in [4.78, 5) is 2.41. The standard InChI is InChI=1S/C79H78N2/c1-5-7-9-11-13-20-50-79(51-21-14-12-10-8-6-2)75-52-58(4)34-47-71(75)72-48-39-66(56-76(72)79)61-37-45-69(46-38-61)80(67-41-32-57(3)33-42-67)68-43-35-60(36-44-68)65-40-49-78-74(55-65)73-30-18-19-31-77(73)81(78)70-29-23-28-64(54-70)63-27-22-26-62(53-63)59-24-16-15-17-25-59/h15-19,22-49,52-56H,5-14,20-21,50-51H2,1-4H3. The van der Waals surface area contributed by atoms with Gasteiger partial charge in [-0.05, 0) is 172 Å². The molecule has 1 aliphatic carbocycles. The van der Waals surface area contributed by atoms with Crippen molar-refractivity contribution >= 4 is 38.9 Å². The molecule has 12 rings (SSSR count). The van der Waals surface area contributed by atoms with Crippen LogP contribution in [0.25, 0.3) is 83.1 Å². The van der Waals surface area contributed by atoms with Crippen LogP contribution in [0.3, 0.4) is 0 Å². The predicted molar refractivity (Wildman–Crippen MR) is 349 cm³/mol. The van der Waals surface area contributed by atoms with Gasteiger partial charge in [0.1, 0.15) is 0 Å². The van der Waals surface area contributed by atoms with Gasteiger partial charge in [-0.1, -0.05) is 254 Å². The molecular weight excluding hydrogens is 977 g/mol. The molecule has 0 saturated carbocycles. The van der Waals surface area contributed by atoms with Crippen molar-refractivity contribution in [2.75, 3.05) is 4.90 Å². The maximum atomic E-state index is 2.60. The fraction of sp³-hybridized carbons (Fsp3) is 0.241. The summed E-state index contributed by atoms with van der Waals surface area (Å²) in [5, 5.41) is 2.49. The zero-order valence-corrected chi connectivity index (χ0v) is 48.2. The maximum absolute atomic E-state index is 2.60. The Morgan fingerprint density at radius 3 is 1.42 bits per heavy atom. The van der Waals surface area contributed by atoms with Crippen LogP contribution in [0, 0.1) is 13.8 Å². The van der Waals surface area contributed by atoms with Crippen molar-refractivity contribution in [2.24, 2.45) is 0 Å². The Hall–Kier alpha value is -8.20. The van der Waals surface area contributed by atoms with Crippen molar-refractivity contribution in [2.45, 2.75) is 123 Å². The van der Waals surface area contributed by atoms with E-state index >= 15 is 0 Å². The number of unbranched alkanes of at least 4 members (excludes halogenated alkanes) is 10. The summed E-state index contributed by atoms with van der Waals surface area (Å²) in [5.41, 5.74) is 25.5. The van der Waals surface area contributed by atoms with Crippen molar-refractivity contribution < 1.29 is 0 Å². The van der Waals surface area contributed by atoms with Gasteiger partial charge in [0.15, 0.2) is 0 Å². The first kappa shape index (κ1) is 53.4. The van der Waals surface area contributed by atoms with Crippen LogP contribution in [0.5, 0.6) is 0 Å². The summed E-state index contributed by atoms with van der Waals surface area (Å²) < 4.78 is 2.43. The monoisotopic (exact) mass is 1050 g/mol. The molecule has 0 amide bonds. The predicted octanol–water partition coefficient (Wildman–Crippen LogP) is 23.3. The second-order valence-corrected chi connectivity index (χ2v) is 23.3. The Kier molecular flexibility index (Phi) is 16.0. The number of benzene rings is 10. The van der Waals surface area contributed by atoms with Crippen LogP contribution in [0.15, 0.2) is 231 Å².